The number of hydrogen-bond acceptors (Lipinski definition) is 4. The molecule has 1 N–H and O–H groups in total. The molecule has 0 amide bonds. The summed E-state index contributed by atoms with van der Waals surface area (Å²) in [5.41, 5.74) is 7.34. The molecular formula is C33H29IrN3O2-2. The van der Waals surface area contributed by atoms with Gasteiger partial charge in [-0.2, -0.15) is 18.8 Å². The monoisotopic (exact) mass is 692 g/mol. The van der Waals surface area contributed by atoms with Gasteiger partial charge < -0.3 is 19.3 Å². The minimum atomic E-state index is -0.125. The van der Waals surface area contributed by atoms with Crippen molar-refractivity contribution in [3.8, 4) is 0 Å². The molecule has 0 spiro atoms. The Balaban J connectivity index is 0.000000345. The van der Waals surface area contributed by atoms with Gasteiger partial charge >= 0.3 is 0 Å². The van der Waals surface area contributed by atoms with Gasteiger partial charge in [-0.15, -0.1) is 5.39 Å². The summed E-state index contributed by atoms with van der Waals surface area (Å²) in [4.78, 5) is 14.7. The number of benzene rings is 4. The number of carbonyl (C=O) groups excluding carboxylic acids is 1. The quantitative estimate of drug-likeness (QED) is 0.116. The first-order valence-electron chi connectivity index (χ1n) is 12.8. The van der Waals surface area contributed by atoms with Crippen molar-refractivity contribution in [2.75, 3.05) is 9.80 Å². The molecule has 3 heterocycles. The van der Waals surface area contributed by atoms with E-state index < -0.39 is 0 Å². The van der Waals surface area contributed by atoms with E-state index in [1.807, 2.05) is 0 Å². The largest absolute Gasteiger partial charge is 0.512 e. The van der Waals surface area contributed by atoms with Gasteiger partial charge in [0, 0.05) is 48.6 Å². The summed E-state index contributed by atoms with van der Waals surface area (Å²) in [6.45, 7) is 9.55. The predicted molar refractivity (Wildman–Crippen MR) is 157 cm³/mol. The Morgan fingerprint density at radius 1 is 0.872 bits per heavy atom. The summed E-state index contributed by atoms with van der Waals surface area (Å²) < 4.78 is 2.43. The number of ketones is 1. The van der Waals surface area contributed by atoms with Gasteiger partial charge in [-0.3, -0.25) is 4.79 Å². The molecule has 1 radical (unpaired) electrons. The number of hydrogen-bond donors (Lipinski definition) is 1. The maximum absolute atomic E-state index is 10.0. The number of carbonyl (C=O) groups is 1. The van der Waals surface area contributed by atoms with Crippen molar-refractivity contribution in [2.24, 2.45) is 0 Å². The van der Waals surface area contributed by atoms with E-state index in [1.54, 1.807) is 0 Å². The third-order valence-electron chi connectivity index (χ3n) is 7.02. The van der Waals surface area contributed by atoms with E-state index in [1.165, 1.54) is 69.4 Å². The number of rotatable bonds is 3. The Hall–Kier alpha value is -3.86. The predicted octanol–water partition coefficient (Wildman–Crippen LogP) is 8.16. The molecule has 1 aliphatic heterocycles. The van der Waals surface area contributed by atoms with Crippen molar-refractivity contribution >= 4 is 60.9 Å². The van der Waals surface area contributed by atoms with Gasteiger partial charge in [-0.25, -0.2) is 0 Å². The van der Waals surface area contributed by atoms with Crippen LogP contribution in [-0.4, -0.2) is 21.3 Å². The van der Waals surface area contributed by atoms with Gasteiger partial charge in [-0.1, -0.05) is 59.6 Å². The molecule has 0 bridgehead atoms. The van der Waals surface area contributed by atoms with Crippen LogP contribution in [0.5, 0.6) is 0 Å². The van der Waals surface area contributed by atoms with Gasteiger partial charge in [0.05, 0.1) is 5.76 Å². The zero-order valence-electron chi connectivity index (χ0n) is 22.3. The fraction of sp³-hybridized carbons (Fsp3) is 0.152. The average molecular weight is 692 g/mol. The number of allylic oxidation sites excluding steroid dienone is 2. The standard InChI is InChI=1S/C28H21N3.C5H8O2.Ir/c1-18(2)29-17-30(25-14-8-7-13-24(25)29)26-16-15-20-19-9-3-5-11-22(19)31-23-12-6-4-10-21(23)27(26)28(20)31;1-4(6)3-5(2)7;/h3-15,17-18H,1-2H3;3,6H,1-2H3;/q-2;;/b;4-3-;. The molecule has 4 aromatic carbocycles. The smallest absolute Gasteiger partial charge is 0.155 e. The molecule has 6 aromatic rings. The van der Waals surface area contributed by atoms with Crippen molar-refractivity contribution in [1.29, 1.82) is 0 Å². The van der Waals surface area contributed by atoms with Gasteiger partial charge in [0.2, 0.25) is 0 Å². The summed E-state index contributed by atoms with van der Waals surface area (Å²) in [5.74, 6) is -0.0625. The Kier molecular flexibility index (Phi) is 7.11. The minimum absolute atomic E-state index is 0. The number of aliphatic hydroxyl groups is 1. The van der Waals surface area contributed by atoms with Crippen LogP contribution >= 0.6 is 0 Å². The zero-order valence-corrected chi connectivity index (χ0v) is 24.7. The Morgan fingerprint density at radius 3 is 2.08 bits per heavy atom. The van der Waals surface area contributed by atoms with Gasteiger partial charge in [-0.05, 0) is 74.3 Å². The molecule has 0 fully saturated rings. The van der Waals surface area contributed by atoms with Crippen molar-refractivity contribution < 1.29 is 30.0 Å². The Morgan fingerprint density at radius 2 is 1.46 bits per heavy atom. The normalized spacial score (nSPS) is 13.3. The molecule has 7 rings (SSSR count). The maximum Gasteiger partial charge on any atom is 0.155 e. The van der Waals surface area contributed by atoms with Crippen molar-refractivity contribution in [3.63, 3.8) is 0 Å². The Bertz CT molecular complexity index is 1850. The van der Waals surface area contributed by atoms with E-state index in [0.717, 1.165) is 5.69 Å². The summed E-state index contributed by atoms with van der Waals surface area (Å²) in [5, 5.41) is 13.4. The van der Waals surface area contributed by atoms with Crippen LogP contribution in [0, 0.1) is 12.7 Å². The summed E-state index contributed by atoms with van der Waals surface area (Å²) in [6, 6.07) is 32.3. The molecule has 6 heteroatoms. The Labute approximate surface area is 241 Å². The second-order valence-corrected chi connectivity index (χ2v) is 10.0. The minimum Gasteiger partial charge on any atom is -0.512 e. The first-order chi connectivity index (χ1) is 18.4. The van der Waals surface area contributed by atoms with E-state index >= 15 is 0 Å². The van der Waals surface area contributed by atoms with Crippen LogP contribution < -0.4 is 9.80 Å². The van der Waals surface area contributed by atoms with Gasteiger partial charge in [0.25, 0.3) is 0 Å². The SMILES string of the molecule is CC(=O)/C=C(/C)O.CC(C)N1[CH-]N(c2[c-]cc3c4ccccc4n4c5ccccc5c2c34)c2ccccc21.[Ir]. The molecule has 2 aromatic heterocycles. The van der Waals surface area contributed by atoms with Crippen LogP contribution in [0.15, 0.2) is 90.7 Å². The molecule has 0 saturated carbocycles. The van der Waals surface area contributed by atoms with Crippen molar-refractivity contribution in [1.82, 2.24) is 4.40 Å². The van der Waals surface area contributed by atoms with Crippen molar-refractivity contribution in [3.05, 3.63) is 103 Å². The molecule has 1 aliphatic rings. The van der Waals surface area contributed by atoms with Crippen molar-refractivity contribution in [2.45, 2.75) is 33.7 Å². The number of fused-ring (bicyclic) bond motifs is 7. The van der Waals surface area contributed by atoms with E-state index in [-0.39, 0.29) is 31.6 Å². The van der Waals surface area contributed by atoms with Crippen LogP contribution in [0.4, 0.5) is 17.1 Å². The number of anilines is 3. The molecule has 0 aliphatic carbocycles. The fourth-order valence-corrected chi connectivity index (χ4v) is 5.58. The van der Waals surface area contributed by atoms with E-state index in [4.69, 9.17) is 5.11 Å². The average Bonchev–Trinajstić information content (AvgIpc) is 3.55. The van der Waals surface area contributed by atoms with E-state index in [2.05, 4.69) is 120 Å². The third kappa shape index (κ3) is 4.34. The maximum atomic E-state index is 10.0. The number of aromatic nitrogens is 1. The number of nitrogens with zero attached hydrogens (tertiary/aromatic N) is 3. The number of para-hydroxylation sites is 4. The first-order valence-corrected chi connectivity index (χ1v) is 12.8. The van der Waals surface area contributed by atoms with Crippen LogP contribution in [0.25, 0.3) is 38.1 Å². The zero-order chi connectivity index (χ0) is 26.6. The molecule has 5 nitrogen and oxygen atoms in total. The van der Waals surface area contributed by atoms with Crippen LogP contribution in [0.1, 0.15) is 27.7 Å². The summed E-state index contributed by atoms with van der Waals surface area (Å²) in [6.07, 6.45) is 1.17. The molecule has 0 unspecified atom stereocenters. The van der Waals surface area contributed by atoms with Crippen LogP contribution in [0.2, 0.25) is 0 Å². The second kappa shape index (κ2) is 10.4. The third-order valence-corrected chi connectivity index (χ3v) is 7.02. The van der Waals surface area contributed by atoms with Crippen LogP contribution in [0.3, 0.4) is 0 Å². The topological polar surface area (TPSA) is 48.2 Å². The molecule has 0 saturated heterocycles. The van der Waals surface area contributed by atoms with Crippen LogP contribution in [-0.2, 0) is 24.9 Å². The van der Waals surface area contributed by atoms with E-state index in [9.17, 15) is 4.79 Å². The van der Waals surface area contributed by atoms with Gasteiger partial charge in [0.15, 0.2) is 5.78 Å². The summed E-state index contributed by atoms with van der Waals surface area (Å²) in [7, 11) is 0. The molecular weight excluding hydrogens is 663 g/mol. The molecule has 39 heavy (non-hydrogen) atoms. The summed E-state index contributed by atoms with van der Waals surface area (Å²) >= 11 is 0. The fourth-order valence-electron chi connectivity index (χ4n) is 5.58. The second-order valence-electron chi connectivity index (χ2n) is 10.0. The number of aliphatic hydroxyl groups excluding tert-OH is 1. The molecule has 0 atom stereocenters. The van der Waals surface area contributed by atoms with E-state index in [0.29, 0.717) is 6.04 Å². The first kappa shape index (κ1) is 26.7. The van der Waals surface area contributed by atoms with Gasteiger partial charge in [0.1, 0.15) is 0 Å². The molecule has 199 valence electrons.